The zero-order chi connectivity index (χ0) is 19.0. The second-order valence-electron chi connectivity index (χ2n) is 5.94. The van der Waals surface area contributed by atoms with Crippen molar-refractivity contribution in [1.82, 2.24) is 4.98 Å². The minimum Gasteiger partial charge on any atom is -0.505 e. The van der Waals surface area contributed by atoms with Crippen molar-refractivity contribution in [2.75, 3.05) is 0 Å². The number of carbonyl (C=O) groups is 1. The normalized spacial score (nSPS) is 16.2. The first-order valence-electron chi connectivity index (χ1n) is 8.13. The molecule has 0 bridgehead atoms. The Morgan fingerprint density at radius 3 is 2.85 bits per heavy atom. The van der Waals surface area contributed by atoms with Gasteiger partial charge < -0.3 is 9.84 Å². The minimum absolute atomic E-state index is 0.0811. The Bertz CT molecular complexity index is 1070. The second kappa shape index (κ2) is 7.21. The summed E-state index contributed by atoms with van der Waals surface area (Å²) in [6.07, 6.45) is 2.95. The standard InChI is InChI=1S/C20H13ClFNO3S/c21-15-10-14(20(25)18-13(15)2-1-9-23-18)19(24)16-7-8-17(26-16)27-12-5-3-11(22)4-6-12/h1-6,8-10,16,25H,7H2. The zero-order valence-electron chi connectivity index (χ0n) is 13.9. The van der Waals surface area contributed by atoms with Crippen LogP contribution in [0.2, 0.25) is 5.02 Å². The zero-order valence-corrected chi connectivity index (χ0v) is 15.4. The Kier molecular flexibility index (Phi) is 4.76. The van der Waals surface area contributed by atoms with Crippen LogP contribution in [0.3, 0.4) is 0 Å². The third kappa shape index (κ3) is 3.50. The molecule has 2 heterocycles. The van der Waals surface area contributed by atoms with Crippen LogP contribution in [0.5, 0.6) is 5.75 Å². The SMILES string of the molecule is O=C(c1cc(Cl)c2cccnc2c1O)C1CC=C(Sc2ccc(F)cc2)O1. The molecule has 136 valence electrons. The van der Waals surface area contributed by atoms with Crippen molar-refractivity contribution in [3.63, 3.8) is 0 Å². The molecular weight excluding hydrogens is 389 g/mol. The van der Waals surface area contributed by atoms with Gasteiger partial charge in [-0.15, -0.1) is 0 Å². The number of phenolic OH excluding ortho intramolecular Hbond substituents is 1. The maximum Gasteiger partial charge on any atom is 0.207 e. The Hall–Kier alpha value is -2.57. The molecule has 0 radical (unpaired) electrons. The van der Waals surface area contributed by atoms with E-state index in [2.05, 4.69) is 4.98 Å². The van der Waals surface area contributed by atoms with Crippen LogP contribution in [0.25, 0.3) is 10.9 Å². The molecule has 1 aromatic heterocycles. The lowest BCUT2D eigenvalue weighted by Gasteiger charge is -2.14. The topological polar surface area (TPSA) is 59.4 Å². The first-order chi connectivity index (χ1) is 13.0. The molecule has 2 aromatic carbocycles. The quantitative estimate of drug-likeness (QED) is 0.598. The third-order valence-electron chi connectivity index (χ3n) is 4.16. The molecular formula is C20H13ClFNO3S. The van der Waals surface area contributed by atoms with Gasteiger partial charge in [-0.1, -0.05) is 23.4 Å². The van der Waals surface area contributed by atoms with Crippen LogP contribution < -0.4 is 0 Å². The highest BCUT2D eigenvalue weighted by atomic mass is 35.5. The summed E-state index contributed by atoms with van der Waals surface area (Å²) >= 11 is 7.55. The van der Waals surface area contributed by atoms with E-state index in [1.54, 1.807) is 30.3 Å². The van der Waals surface area contributed by atoms with E-state index in [4.69, 9.17) is 16.3 Å². The number of halogens is 2. The fraction of sp³-hybridized carbons (Fsp3) is 0.100. The molecule has 0 saturated carbocycles. The number of aromatic nitrogens is 1. The van der Waals surface area contributed by atoms with Crippen molar-refractivity contribution < 1.29 is 19.0 Å². The number of nitrogens with zero attached hydrogens (tertiary/aromatic N) is 1. The lowest BCUT2D eigenvalue weighted by atomic mass is 10.0. The summed E-state index contributed by atoms with van der Waals surface area (Å²) in [6, 6.07) is 10.9. The maximum absolute atomic E-state index is 13.0. The van der Waals surface area contributed by atoms with Gasteiger partial charge in [-0.25, -0.2) is 4.39 Å². The number of aromatic hydroxyl groups is 1. The monoisotopic (exact) mass is 401 g/mol. The first kappa shape index (κ1) is 17.8. The predicted molar refractivity (Wildman–Crippen MR) is 103 cm³/mol. The van der Waals surface area contributed by atoms with E-state index < -0.39 is 6.10 Å². The molecule has 7 heteroatoms. The largest absolute Gasteiger partial charge is 0.505 e. The number of Topliss-reactive ketones (excluding diaryl/α,β-unsaturated/α-hetero) is 1. The highest BCUT2D eigenvalue weighted by Crippen LogP contribution is 2.37. The Labute approximate surface area is 163 Å². The highest BCUT2D eigenvalue weighted by molar-refractivity contribution is 8.02. The number of fused-ring (bicyclic) bond motifs is 1. The van der Waals surface area contributed by atoms with Gasteiger partial charge in [0, 0.05) is 22.9 Å². The molecule has 1 unspecified atom stereocenters. The number of ether oxygens (including phenoxy) is 1. The van der Waals surface area contributed by atoms with Crippen molar-refractivity contribution >= 4 is 40.0 Å². The van der Waals surface area contributed by atoms with E-state index in [-0.39, 0.29) is 28.4 Å². The molecule has 1 aliphatic rings. The van der Waals surface area contributed by atoms with Crippen LogP contribution in [0.15, 0.2) is 64.7 Å². The molecule has 0 fully saturated rings. The van der Waals surface area contributed by atoms with Gasteiger partial charge in [0.1, 0.15) is 11.3 Å². The Morgan fingerprint density at radius 2 is 2.07 bits per heavy atom. The van der Waals surface area contributed by atoms with Gasteiger partial charge in [0.05, 0.1) is 10.6 Å². The summed E-state index contributed by atoms with van der Waals surface area (Å²) in [5.74, 6) is -0.887. The number of rotatable bonds is 4. The van der Waals surface area contributed by atoms with Crippen molar-refractivity contribution in [2.45, 2.75) is 17.4 Å². The Balaban J connectivity index is 1.54. The van der Waals surface area contributed by atoms with E-state index in [0.717, 1.165) is 4.90 Å². The molecule has 4 nitrogen and oxygen atoms in total. The maximum atomic E-state index is 13.0. The van der Waals surface area contributed by atoms with E-state index in [0.29, 0.717) is 21.9 Å². The summed E-state index contributed by atoms with van der Waals surface area (Å²) < 4.78 is 18.7. The molecule has 1 aliphatic heterocycles. The number of hydrogen-bond acceptors (Lipinski definition) is 5. The highest BCUT2D eigenvalue weighted by Gasteiger charge is 2.30. The number of ketones is 1. The third-order valence-corrected chi connectivity index (χ3v) is 5.45. The van der Waals surface area contributed by atoms with Gasteiger partial charge in [-0.2, -0.15) is 0 Å². The number of carbonyl (C=O) groups excluding carboxylic acids is 1. The molecule has 0 aliphatic carbocycles. The van der Waals surface area contributed by atoms with Gasteiger partial charge in [-0.05, 0) is 48.5 Å². The van der Waals surface area contributed by atoms with Crippen LogP contribution in [0.1, 0.15) is 16.8 Å². The van der Waals surface area contributed by atoms with Gasteiger partial charge in [-0.3, -0.25) is 9.78 Å². The number of pyridine rings is 1. The summed E-state index contributed by atoms with van der Waals surface area (Å²) in [5.41, 5.74) is 0.359. The number of benzene rings is 2. The number of thioether (sulfide) groups is 1. The Morgan fingerprint density at radius 1 is 1.30 bits per heavy atom. The van der Waals surface area contributed by atoms with Gasteiger partial charge in [0.15, 0.2) is 16.9 Å². The van der Waals surface area contributed by atoms with Crippen molar-refractivity contribution in [1.29, 1.82) is 0 Å². The fourth-order valence-corrected chi connectivity index (χ4v) is 3.94. The fourth-order valence-electron chi connectivity index (χ4n) is 2.83. The summed E-state index contributed by atoms with van der Waals surface area (Å²) in [7, 11) is 0. The van der Waals surface area contributed by atoms with Crippen LogP contribution in [0.4, 0.5) is 4.39 Å². The van der Waals surface area contributed by atoms with Crippen molar-refractivity contribution in [3.8, 4) is 5.75 Å². The molecule has 1 N–H and O–H groups in total. The summed E-state index contributed by atoms with van der Waals surface area (Å²) in [6.45, 7) is 0. The molecule has 0 spiro atoms. The van der Waals surface area contributed by atoms with Crippen molar-refractivity contribution in [3.05, 3.63) is 76.2 Å². The molecule has 27 heavy (non-hydrogen) atoms. The van der Waals surface area contributed by atoms with Crippen LogP contribution in [-0.2, 0) is 4.74 Å². The molecule has 3 aromatic rings. The van der Waals surface area contributed by atoms with E-state index in [1.807, 2.05) is 0 Å². The van der Waals surface area contributed by atoms with Gasteiger partial charge >= 0.3 is 0 Å². The summed E-state index contributed by atoms with van der Waals surface area (Å²) in [4.78, 5) is 17.8. The first-order valence-corrected chi connectivity index (χ1v) is 9.33. The molecule has 4 rings (SSSR count). The molecule has 1 atom stereocenters. The van der Waals surface area contributed by atoms with Crippen LogP contribution in [-0.4, -0.2) is 22.0 Å². The predicted octanol–water partition coefficient (Wildman–Crippen LogP) is 5.34. The smallest absolute Gasteiger partial charge is 0.207 e. The molecule has 0 amide bonds. The average Bonchev–Trinajstić information content (AvgIpc) is 3.14. The van der Waals surface area contributed by atoms with E-state index in [9.17, 15) is 14.3 Å². The van der Waals surface area contributed by atoms with Gasteiger partial charge in [0.2, 0.25) is 5.78 Å². The van der Waals surface area contributed by atoms with Crippen LogP contribution >= 0.6 is 23.4 Å². The lowest BCUT2D eigenvalue weighted by molar-refractivity contribution is 0.0739. The van der Waals surface area contributed by atoms with Crippen molar-refractivity contribution in [2.24, 2.45) is 0 Å². The number of phenols is 1. The van der Waals surface area contributed by atoms with E-state index in [1.165, 1.54) is 36.2 Å². The van der Waals surface area contributed by atoms with Crippen LogP contribution in [0, 0.1) is 5.82 Å². The number of hydrogen-bond donors (Lipinski definition) is 1. The lowest BCUT2D eigenvalue weighted by Crippen LogP contribution is -2.20. The average molecular weight is 402 g/mol. The molecule has 0 saturated heterocycles. The second-order valence-corrected chi connectivity index (χ2v) is 7.42. The minimum atomic E-state index is -0.754. The summed E-state index contributed by atoms with van der Waals surface area (Å²) in [5, 5.41) is 12.0. The van der Waals surface area contributed by atoms with Gasteiger partial charge in [0.25, 0.3) is 0 Å². The van der Waals surface area contributed by atoms with E-state index >= 15 is 0 Å².